The van der Waals surface area contributed by atoms with E-state index in [9.17, 15) is 0 Å². The fraction of sp³-hybridized carbons (Fsp3) is 0.444. The van der Waals surface area contributed by atoms with Gasteiger partial charge < -0.3 is 14.8 Å². The third-order valence-electron chi connectivity index (χ3n) is 2.38. The summed E-state index contributed by atoms with van der Waals surface area (Å²) in [4.78, 5) is 4.07. The van der Waals surface area contributed by atoms with E-state index in [0.717, 1.165) is 5.76 Å². The Morgan fingerprint density at radius 2 is 2.12 bits per heavy atom. The molecule has 1 aliphatic rings. The van der Waals surface area contributed by atoms with E-state index >= 15 is 0 Å². The van der Waals surface area contributed by atoms with Gasteiger partial charge in [0.1, 0.15) is 5.76 Å². The van der Waals surface area contributed by atoms with Gasteiger partial charge in [-0.2, -0.15) is 4.98 Å². The average Bonchev–Trinajstić information content (AvgIpc) is 2.84. The lowest BCUT2D eigenvalue weighted by Crippen LogP contribution is -1.95. The molecule has 0 spiro atoms. The Hall–Kier alpha value is -1.40. The Morgan fingerprint density at radius 3 is 2.75 bits per heavy atom. The summed E-state index contributed by atoms with van der Waals surface area (Å²) in [5, 5.41) is 7.66. The summed E-state index contributed by atoms with van der Waals surface area (Å²) in [7, 11) is 0. The van der Waals surface area contributed by atoms with Crippen molar-refractivity contribution < 1.29 is 9.05 Å². The molecule has 2 N–H and O–H groups in total. The molecule has 1 saturated carbocycles. The summed E-state index contributed by atoms with van der Waals surface area (Å²) >= 11 is 0. The van der Waals surface area contributed by atoms with Crippen LogP contribution < -0.4 is 5.73 Å². The van der Waals surface area contributed by atoms with E-state index < -0.39 is 0 Å². The molecule has 0 radical (unpaired) electrons. The first-order valence-corrected chi connectivity index (χ1v) is 4.86. The maximum absolute atomic E-state index is 5.36. The standard InChI is InChI=1S/C9H10N4O2.ClH/c10-4-8-11-9(13-15-8)6-3-7(14-12-6)5-1-2-5;/h3,5H,1-2,4,10H2;1H. The Bertz CT molecular complexity index is 477. The molecule has 0 saturated heterocycles. The lowest BCUT2D eigenvalue weighted by atomic mass is 10.3. The van der Waals surface area contributed by atoms with Crippen LogP contribution in [-0.4, -0.2) is 15.3 Å². The SMILES string of the molecule is Cl.NCc1nc(-c2cc(C3CC3)on2)no1. The van der Waals surface area contributed by atoms with Crippen molar-refractivity contribution in [3.63, 3.8) is 0 Å². The summed E-state index contributed by atoms with van der Waals surface area (Å²) in [5.74, 6) is 2.28. The molecule has 0 unspecified atom stereocenters. The molecular formula is C9H11ClN4O2. The normalized spacial score (nSPS) is 14.8. The molecule has 2 heterocycles. The molecule has 0 bridgehead atoms. The molecule has 0 amide bonds. The van der Waals surface area contributed by atoms with Crippen LogP contribution in [0.3, 0.4) is 0 Å². The molecule has 0 atom stereocenters. The summed E-state index contributed by atoms with van der Waals surface area (Å²) in [5.41, 5.74) is 5.98. The van der Waals surface area contributed by atoms with Crippen molar-refractivity contribution in [3.05, 3.63) is 17.7 Å². The first-order chi connectivity index (χ1) is 7.36. The summed E-state index contributed by atoms with van der Waals surface area (Å²) in [6.45, 7) is 0.236. The van der Waals surface area contributed by atoms with Crippen LogP contribution in [0.4, 0.5) is 0 Å². The number of aromatic nitrogens is 3. The zero-order valence-electron chi connectivity index (χ0n) is 8.42. The molecule has 1 aliphatic carbocycles. The topological polar surface area (TPSA) is 91.0 Å². The highest BCUT2D eigenvalue weighted by Gasteiger charge is 2.28. The highest BCUT2D eigenvalue weighted by atomic mass is 35.5. The Morgan fingerprint density at radius 1 is 1.31 bits per heavy atom. The first kappa shape index (κ1) is 11.1. The van der Waals surface area contributed by atoms with Crippen molar-refractivity contribution in [2.24, 2.45) is 5.73 Å². The Labute approximate surface area is 97.6 Å². The van der Waals surface area contributed by atoms with Crippen LogP contribution in [0, 0.1) is 0 Å². The van der Waals surface area contributed by atoms with Crippen LogP contribution in [0.25, 0.3) is 11.5 Å². The van der Waals surface area contributed by atoms with Crippen molar-refractivity contribution in [3.8, 4) is 11.5 Å². The number of nitrogens with two attached hydrogens (primary N) is 1. The van der Waals surface area contributed by atoms with Gasteiger partial charge in [0.05, 0.1) is 6.54 Å². The van der Waals surface area contributed by atoms with Crippen molar-refractivity contribution in [1.29, 1.82) is 0 Å². The molecule has 3 rings (SSSR count). The predicted molar refractivity (Wildman–Crippen MR) is 56.9 cm³/mol. The molecular weight excluding hydrogens is 232 g/mol. The van der Waals surface area contributed by atoms with E-state index in [1.807, 2.05) is 6.07 Å². The second-order valence-electron chi connectivity index (χ2n) is 3.60. The van der Waals surface area contributed by atoms with E-state index in [0.29, 0.717) is 23.3 Å². The van der Waals surface area contributed by atoms with Crippen molar-refractivity contribution in [2.45, 2.75) is 25.3 Å². The Kier molecular flexibility index (Phi) is 2.93. The predicted octanol–water partition coefficient (Wildman–Crippen LogP) is 1.48. The van der Waals surface area contributed by atoms with Gasteiger partial charge in [-0.1, -0.05) is 10.3 Å². The number of hydrogen-bond donors (Lipinski definition) is 1. The van der Waals surface area contributed by atoms with Gasteiger partial charge in [0.25, 0.3) is 0 Å². The van der Waals surface area contributed by atoms with Crippen molar-refractivity contribution in [1.82, 2.24) is 15.3 Å². The van der Waals surface area contributed by atoms with E-state index in [-0.39, 0.29) is 19.0 Å². The minimum Gasteiger partial charge on any atom is -0.360 e. The molecule has 7 heteroatoms. The van der Waals surface area contributed by atoms with Gasteiger partial charge in [-0.15, -0.1) is 12.4 Å². The van der Waals surface area contributed by atoms with Crippen LogP contribution in [0.15, 0.2) is 15.1 Å². The minimum absolute atomic E-state index is 0. The van der Waals surface area contributed by atoms with Gasteiger partial charge in [-0.25, -0.2) is 0 Å². The van der Waals surface area contributed by atoms with Crippen LogP contribution >= 0.6 is 12.4 Å². The largest absolute Gasteiger partial charge is 0.360 e. The van der Waals surface area contributed by atoms with E-state index in [2.05, 4.69) is 15.3 Å². The zero-order valence-corrected chi connectivity index (χ0v) is 9.24. The monoisotopic (exact) mass is 242 g/mol. The number of hydrogen-bond acceptors (Lipinski definition) is 6. The summed E-state index contributed by atoms with van der Waals surface area (Å²) in [6, 6.07) is 1.86. The van der Waals surface area contributed by atoms with Gasteiger partial charge in [0, 0.05) is 12.0 Å². The van der Waals surface area contributed by atoms with Crippen molar-refractivity contribution in [2.75, 3.05) is 0 Å². The lowest BCUT2D eigenvalue weighted by Gasteiger charge is -1.81. The fourth-order valence-electron chi connectivity index (χ4n) is 1.40. The van der Waals surface area contributed by atoms with Gasteiger partial charge in [0.2, 0.25) is 11.7 Å². The average molecular weight is 243 g/mol. The fourth-order valence-corrected chi connectivity index (χ4v) is 1.40. The van der Waals surface area contributed by atoms with Crippen LogP contribution in [0.5, 0.6) is 0 Å². The van der Waals surface area contributed by atoms with Crippen LogP contribution in [0.2, 0.25) is 0 Å². The highest BCUT2D eigenvalue weighted by Crippen LogP contribution is 2.40. The summed E-state index contributed by atoms with van der Waals surface area (Å²) < 4.78 is 10.1. The third-order valence-corrected chi connectivity index (χ3v) is 2.38. The highest BCUT2D eigenvalue weighted by molar-refractivity contribution is 5.85. The lowest BCUT2D eigenvalue weighted by molar-refractivity contribution is 0.376. The number of halogens is 1. The van der Waals surface area contributed by atoms with Crippen LogP contribution in [-0.2, 0) is 6.54 Å². The maximum atomic E-state index is 5.36. The molecule has 2 aromatic rings. The minimum atomic E-state index is 0. The van der Waals surface area contributed by atoms with Gasteiger partial charge >= 0.3 is 0 Å². The second-order valence-corrected chi connectivity index (χ2v) is 3.60. The number of rotatable bonds is 3. The molecule has 0 aliphatic heterocycles. The molecule has 16 heavy (non-hydrogen) atoms. The molecule has 2 aromatic heterocycles. The quantitative estimate of drug-likeness (QED) is 0.877. The summed E-state index contributed by atoms with van der Waals surface area (Å²) in [6.07, 6.45) is 2.35. The van der Waals surface area contributed by atoms with Crippen molar-refractivity contribution >= 4 is 12.4 Å². The first-order valence-electron chi connectivity index (χ1n) is 4.86. The third kappa shape index (κ3) is 1.94. The van der Waals surface area contributed by atoms with E-state index in [4.69, 9.17) is 14.8 Å². The zero-order chi connectivity index (χ0) is 10.3. The number of nitrogens with zero attached hydrogens (tertiary/aromatic N) is 3. The second kappa shape index (κ2) is 4.23. The van der Waals surface area contributed by atoms with Gasteiger partial charge in [0.15, 0.2) is 5.69 Å². The molecule has 6 nitrogen and oxygen atoms in total. The van der Waals surface area contributed by atoms with Gasteiger partial charge in [-0.3, -0.25) is 0 Å². The van der Waals surface area contributed by atoms with Gasteiger partial charge in [-0.05, 0) is 12.8 Å². The smallest absolute Gasteiger partial charge is 0.240 e. The molecule has 1 fully saturated rings. The van der Waals surface area contributed by atoms with E-state index in [1.165, 1.54) is 12.8 Å². The molecule has 0 aromatic carbocycles. The molecule has 86 valence electrons. The van der Waals surface area contributed by atoms with E-state index in [1.54, 1.807) is 0 Å². The van der Waals surface area contributed by atoms with Crippen LogP contribution in [0.1, 0.15) is 30.4 Å². The Balaban J connectivity index is 0.000000963. The maximum Gasteiger partial charge on any atom is 0.240 e.